The summed E-state index contributed by atoms with van der Waals surface area (Å²) < 4.78 is 19.5. The van der Waals surface area contributed by atoms with Crippen LogP contribution in [0.1, 0.15) is 21.9 Å². The van der Waals surface area contributed by atoms with E-state index < -0.39 is 0 Å². The highest BCUT2D eigenvalue weighted by molar-refractivity contribution is 5.90. The average molecular weight is 409 g/mol. The Morgan fingerprint density at radius 3 is 2.27 bits per heavy atom. The number of aromatic nitrogens is 2. The lowest BCUT2D eigenvalue weighted by atomic mass is 10.1. The Hall–Kier alpha value is -3.32. The minimum atomic E-state index is -0.302. The Morgan fingerprint density at radius 2 is 1.63 bits per heavy atom. The van der Waals surface area contributed by atoms with Crippen molar-refractivity contribution in [2.75, 3.05) is 34.2 Å². The maximum Gasteiger partial charge on any atom is 0.289 e. The van der Waals surface area contributed by atoms with Crippen LogP contribution < -0.4 is 10.1 Å². The molecule has 6 nitrogen and oxygen atoms in total. The molecule has 0 spiro atoms. The standard InChI is InChI=1S/C23H25FN4O2/c1-28(2,3)15-14-26-23(29)22-25-13-12-19(27-22)16-17-4-8-20(9-5-17)30-21-10-6-18(24)7-11-21/h4-13H,14-16H2,1-3H3/p+1. The Labute approximate surface area is 175 Å². The number of hydrogen-bond acceptors (Lipinski definition) is 4. The lowest BCUT2D eigenvalue weighted by Gasteiger charge is -2.23. The van der Waals surface area contributed by atoms with Crippen molar-refractivity contribution in [1.29, 1.82) is 0 Å². The highest BCUT2D eigenvalue weighted by atomic mass is 19.1. The SMILES string of the molecule is C[N+](C)(C)CCNC(=O)c1nccc(Cc2ccc(Oc3ccc(F)cc3)cc2)n1. The fourth-order valence-corrected chi connectivity index (χ4v) is 2.71. The first kappa shape index (κ1) is 21.4. The van der Waals surface area contributed by atoms with Gasteiger partial charge in [-0.05, 0) is 48.0 Å². The summed E-state index contributed by atoms with van der Waals surface area (Å²) >= 11 is 0. The van der Waals surface area contributed by atoms with Gasteiger partial charge in [0.05, 0.1) is 34.2 Å². The molecule has 0 atom stereocenters. The van der Waals surface area contributed by atoms with Crippen LogP contribution in [0.4, 0.5) is 4.39 Å². The molecule has 0 fully saturated rings. The minimum absolute atomic E-state index is 0.171. The molecule has 0 aliphatic carbocycles. The maximum absolute atomic E-state index is 13.0. The van der Waals surface area contributed by atoms with Gasteiger partial charge in [0.1, 0.15) is 17.3 Å². The zero-order valence-electron chi connectivity index (χ0n) is 17.4. The van der Waals surface area contributed by atoms with Gasteiger partial charge in [0, 0.05) is 18.3 Å². The molecule has 3 aromatic rings. The predicted octanol–water partition coefficient (Wildman–Crippen LogP) is 3.43. The summed E-state index contributed by atoms with van der Waals surface area (Å²) in [7, 11) is 6.21. The molecule has 7 heteroatoms. The van der Waals surface area contributed by atoms with Gasteiger partial charge in [0.25, 0.3) is 5.91 Å². The molecular weight excluding hydrogens is 383 g/mol. The van der Waals surface area contributed by atoms with Gasteiger partial charge in [0.15, 0.2) is 0 Å². The van der Waals surface area contributed by atoms with Crippen LogP contribution in [-0.2, 0) is 6.42 Å². The van der Waals surface area contributed by atoms with Gasteiger partial charge in [0.2, 0.25) is 5.82 Å². The largest absolute Gasteiger partial charge is 0.457 e. The van der Waals surface area contributed by atoms with Gasteiger partial charge in [-0.2, -0.15) is 0 Å². The maximum atomic E-state index is 13.0. The number of hydrogen-bond donors (Lipinski definition) is 1. The summed E-state index contributed by atoms with van der Waals surface area (Å²) in [6, 6.07) is 15.2. The van der Waals surface area contributed by atoms with Crippen LogP contribution in [0.15, 0.2) is 60.8 Å². The quantitative estimate of drug-likeness (QED) is 0.579. The normalized spacial score (nSPS) is 11.2. The van der Waals surface area contributed by atoms with Crippen molar-refractivity contribution in [3.63, 3.8) is 0 Å². The van der Waals surface area contributed by atoms with Crippen molar-refractivity contribution in [3.05, 3.63) is 83.7 Å². The first-order valence-corrected chi connectivity index (χ1v) is 9.71. The van der Waals surface area contributed by atoms with Gasteiger partial charge in [-0.15, -0.1) is 0 Å². The van der Waals surface area contributed by atoms with Gasteiger partial charge in [-0.3, -0.25) is 4.79 Å². The first-order valence-electron chi connectivity index (χ1n) is 9.71. The molecule has 1 heterocycles. The molecule has 0 saturated heterocycles. The Kier molecular flexibility index (Phi) is 6.74. The van der Waals surface area contributed by atoms with E-state index in [0.29, 0.717) is 24.5 Å². The lowest BCUT2D eigenvalue weighted by Crippen LogP contribution is -2.42. The zero-order chi connectivity index (χ0) is 21.6. The van der Waals surface area contributed by atoms with Gasteiger partial charge in [-0.1, -0.05) is 12.1 Å². The molecule has 0 aliphatic rings. The molecule has 2 aromatic carbocycles. The summed E-state index contributed by atoms with van der Waals surface area (Å²) in [5, 5.41) is 2.86. The van der Waals surface area contributed by atoms with Crippen molar-refractivity contribution in [2.45, 2.75) is 6.42 Å². The summed E-state index contributed by atoms with van der Waals surface area (Å²) in [6.07, 6.45) is 2.17. The van der Waals surface area contributed by atoms with E-state index in [-0.39, 0.29) is 17.5 Å². The number of rotatable bonds is 8. The van der Waals surface area contributed by atoms with Crippen molar-refractivity contribution in [2.24, 2.45) is 0 Å². The number of nitrogens with one attached hydrogen (secondary N) is 1. The van der Waals surface area contributed by atoms with E-state index >= 15 is 0 Å². The molecule has 0 aliphatic heterocycles. The van der Waals surface area contributed by atoms with Crippen molar-refractivity contribution < 1.29 is 18.4 Å². The van der Waals surface area contributed by atoms with E-state index in [1.807, 2.05) is 24.3 Å². The third-order valence-corrected chi connectivity index (χ3v) is 4.34. The fourth-order valence-electron chi connectivity index (χ4n) is 2.71. The molecule has 1 aromatic heterocycles. The topological polar surface area (TPSA) is 64.1 Å². The van der Waals surface area contributed by atoms with Crippen molar-refractivity contribution in [1.82, 2.24) is 15.3 Å². The number of likely N-dealkylation sites (N-methyl/N-ethyl adjacent to an activating group) is 1. The van der Waals surface area contributed by atoms with Crippen molar-refractivity contribution in [3.8, 4) is 11.5 Å². The molecule has 0 radical (unpaired) electrons. The number of halogens is 1. The molecule has 0 bridgehead atoms. The third-order valence-electron chi connectivity index (χ3n) is 4.34. The number of nitrogens with zero attached hydrogens (tertiary/aromatic N) is 3. The van der Waals surface area contributed by atoms with E-state index in [1.54, 1.807) is 24.4 Å². The highest BCUT2D eigenvalue weighted by Crippen LogP contribution is 2.22. The van der Waals surface area contributed by atoms with E-state index in [1.165, 1.54) is 12.1 Å². The summed E-state index contributed by atoms with van der Waals surface area (Å²) in [4.78, 5) is 20.8. The number of carbonyl (C=O) groups excluding carboxylic acids is 1. The minimum Gasteiger partial charge on any atom is -0.457 e. The molecule has 1 amide bonds. The van der Waals surface area contributed by atoms with Crippen LogP contribution in [0.5, 0.6) is 11.5 Å². The summed E-state index contributed by atoms with van der Waals surface area (Å²) in [5.74, 6) is 0.828. The number of carbonyl (C=O) groups is 1. The molecule has 30 heavy (non-hydrogen) atoms. The van der Waals surface area contributed by atoms with E-state index in [4.69, 9.17) is 4.74 Å². The van der Waals surface area contributed by atoms with E-state index in [2.05, 4.69) is 36.4 Å². The Morgan fingerprint density at radius 1 is 1.00 bits per heavy atom. The number of amides is 1. The fraction of sp³-hybridized carbons (Fsp3) is 0.261. The van der Waals surface area contributed by atoms with E-state index in [9.17, 15) is 9.18 Å². The van der Waals surface area contributed by atoms with Crippen LogP contribution in [0.2, 0.25) is 0 Å². The Bertz CT molecular complexity index is 983. The molecule has 3 rings (SSSR count). The van der Waals surface area contributed by atoms with Gasteiger partial charge < -0.3 is 14.5 Å². The first-order chi connectivity index (χ1) is 14.3. The Balaban J connectivity index is 1.59. The smallest absolute Gasteiger partial charge is 0.289 e. The molecular formula is C23H26FN4O2+. The average Bonchev–Trinajstić information content (AvgIpc) is 2.70. The van der Waals surface area contributed by atoms with Crippen LogP contribution in [0, 0.1) is 5.82 Å². The van der Waals surface area contributed by atoms with Crippen LogP contribution in [-0.4, -0.2) is 54.6 Å². The molecule has 0 unspecified atom stereocenters. The molecule has 156 valence electrons. The van der Waals surface area contributed by atoms with Crippen molar-refractivity contribution >= 4 is 5.91 Å². The van der Waals surface area contributed by atoms with Crippen LogP contribution in [0.3, 0.4) is 0 Å². The van der Waals surface area contributed by atoms with Gasteiger partial charge >= 0.3 is 0 Å². The number of ether oxygens (including phenoxy) is 1. The van der Waals surface area contributed by atoms with Gasteiger partial charge in [-0.25, -0.2) is 14.4 Å². The number of quaternary nitrogens is 1. The van der Waals surface area contributed by atoms with Crippen LogP contribution >= 0.6 is 0 Å². The summed E-state index contributed by atoms with van der Waals surface area (Å²) in [5.41, 5.74) is 1.78. The predicted molar refractivity (Wildman–Crippen MR) is 113 cm³/mol. The van der Waals surface area contributed by atoms with E-state index in [0.717, 1.165) is 22.3 Å². The van der Waals surface area contributed by atoms with Crippen LogP contribution in [0.25, 0.3) is 0 Å². The number of benzene rings is 2. The second kappa shape index (κ2) is 9.45. The zero-order valence-corrected chi connectivity index (χ0v) is 17.4. The monoisotopic (exact) mass is 409 g/mol. The molecule has 1 N–H and O–H groups in total. The summed E-state index contributed by atoms with van der Waals surface area (Å²) in [6.45, 7) is 1.38. The highest BCUT2D eigenvalue weighted by Gasteiger charge is 2.12. The second-order valence-electron chi connectivity index (χ2n) is 8.02. The lowest BCUT2D eigenvalue weighted by molar-refractivity contribution is -0.869. The molecule has 0 saturated carbocycles. The second-order valence-corrected chi connectivity index (χ2v) is 8.02. The third kappa shape index (κ3) is 6.63.